The lowest BCUT2D eigenvalue weighted by Gasteiger charge is -2.14. The molecule has 3 aliphatic rings. The highest BCUT2D eigenvalue weighted by Crippen LogP contribution is 2.34. The summed E-state index contributed by atoms with van der Waals surface area (Å²) in [5.41, 5.74) is 0. The van der Waals surface area contributed by atoms with Crippen molar-refractivity contribution in [3.63, 3.8) is 0 Å². The first-order valence-electron chi connectivity index (χ1n) is 7.01. The van der Waals surface area contributed by atoms with E-state index in [0.29, 0.717) is 12.6 Å². The van der Waals surface area contributed by atoms with Gasteiger partial charge in [-0.15, -0.1) is 0 Å². The molecular formula is C14H20N2O2. The van der Waals surface area contributed by atoms with Crippen molar-refractivity contribution in [2.45, 2.75) is 38.1 Å². The number of hydrogen-bond donors (Lipinski definition) is 1. The van der Waals surface area contributed by atoms with Gasteiger partial charge in [0, 0.05) is 12.6 Å². The van der Waals surface area contributed by atoms with Crippen molar-refractivity contribution in [1.82, 2.24) is 10.2 Å². The Kier molecular flexibility index (Phi) is 3.20. The predicted octanol–water partition coefficient (Wildman–Crippen LogP) is 1.08. The van der Waals surface area contributed by atoms with Crippen LogP contribution in [-0.4, -0.2) is 35.8 Å². The largest absolute Gasteiger partial charge is 0.314 e. The summed E-state index contributed by atoms with van der Waals surface area (Å²) in [4.78, 5) is 25.8. The van der Waals surface area contributed by atoms with E-state index in [1.165, 1.54) is 17.7 Å². The molecule has 2 aliphatic carbocycles. The molecule has 1 saturated heterocycles. The third kappa shape index (κ3) is 2.21. The third-order valence-corrected chi connectivity index (χ3v) is 4.17. The van der Waals surface area contributed by atoms with Crippen molar-refractivity contribution in [1.29, 1.82) is 0 Å². The Balaban J connectivity index is 1.52. The Hall–Kier alpha value is -1.16. The average Bonchev–Trinajstić information content (AvgIpc) is 3.18. The van der Waals surface area contributed by atoms with Crippen LogP contribution in [0.4, 0.5) is 0 Å². The third-order valence-electron chi connectivity index (χ3n) is 4.17. The van der Waals surface area contributed by atoms with Gasteiger partial charge in [0.2, 0.25) is 11.8 Å². The zero-order chi connectivity index (χ0) is 12.5. The lowest BCUT2D eigenvalue weighted by Crippen LogP contribution is -2.33. The van der Waals surface area contributed by atoms with E-state index < -0.39 is 0 Å². The van der Waals surface area contributed by atoms with Crippen LogP contribution in [0.2, 0.25) is 0 Å². The van der Waals surface area contributed by atoms with E-state index in [0.717, 1.165) is 25.8 Å². The second-order valence-electron chi connectivity index (χ2n) is 5.57. The predicted molar refractivity (Wildman–Crippen MR) is 67.7 cm³/mol. The fourth-order valence-electron chi connectivity index (χ4n) is 2.92. The van der Waals surface area contributed by atoms with Gasteiger partial charge in [-0.1, -0.05) is 12.2 Å². The second kappa shape index (κ2) is 4.84. The van der Waals surface area contributed by atoms with Crippen LogP contribution >= 0.6 is 0 Å². The first-order valence-corrected chi connectivity index (χ1v) is 7.01. The number of allylic oxidation sites excluding steroid dienone is 2. The molecule has 4 nitrogen and oxygen atoms in total. The highest BCUT2D eigenvalue weighted by atomic mass is 16.2. The maximum Gasteiger partial charge on any atom is 0.233 e. The van der Waals surface area contributed by atoms with Crippen LogP contribution in [0, 0.1) is 11.8 Å². The molecule has 0 aromatic heterocycles. The van der Waals surface area contributed by atoms with Gasteiger partial charge in [-0.25, -0.2) is 0 Å². The minimum atomic E-state index is -0.0705. The van der Waals surface area contributed by atoms with E-state index in [1.54, 1.807) is 0 Å². The molecule has 0 spiro atoms. The van der Waals surface area contributed by atoms with Crippen molar-refractivity contribution in [2.75, 3.05) is 13.1 Å². The maximum absolute atomic E-state index is 12.1. The Bertz CT molecular complexity index is 361. The molecule has 1 saturated carbocycles. The van der Waals surface area contributed by atoms with Crippen LogP contribution in [0.5, 0.6) is 0 Å². The van der Waals surface area contributed by atoms with Gasteiger partial charge in [-0.2, -0.15) is 0 Å². The van der Waals surface area contributed by atoms with Crippen LogP contribution in [0.25, 0.3) is 0 Å². The van der Waals surface area contributed by atoms with Crippen molar-refractivity contribution in [3.8, 4) is 0 Å². The quantitative estimate of drug-likeness (QED) is 0.450. The van der Waals surface area contributed by atoms with Crippen LogP contribution in [0.1, 0.15) is 32.1 Å². The fourth-order valence-corrected chi connectivity index (χ4v) is 2.92. The molecular weight excluding hydrogens is 228 g/mol. The van der Waals surface area contributed by atoms with Gasteiger partial charge in [-0.3, -0.25) is 14.5 Å². The highest BCUT2D eigenvalue weighted by Gasteiger charge is 2.46. The Morgan fingerprint density at radius 2 is 1.72 bits per heavy atom. The van der Waals surface area contributed by atoms with Gasteiger partial charge in [0.15, 0.2) is 0 Å². The normalized spacial score (nSPS) is 31.0. The number of imide groups is 1. The monoisotopic (exact) mass is 248 g/mol. The van der Waals surface area contributed by atoms with E-state index in [-0.39, 0.29) is 23.7 Å². The molecule has 0 aromatic carbocycles. The fraction of sp³-hybridized carbons (Fsp3) is 0.714. The number of carbonyl (C=O) groups is 2. The zero-order valence-electron chi connectivity index (χ0n) is 10.6. The number of likely N-dealkylation sites (tertiary alicyclic amines) is 1. The molecule has 2 fully saturated rings. The van der Waals surface area contributed by atoms with Gasteiger partial charge in [0.05, 0.1) is 11.8 Å². The number of amides is 2. The highest BCUT2D eigenvalue weighted by molar-refractivity contribution is 6.05. The minimum Gasteiger partial charge on any atom is -0.314 e. The molecule has 0 radical (unpaired) electrons. The summed E-state index contributed by atoms with van der Waals surface area (Å²) >= 11 is 0. The number of nitrogens with one attached hydrogen (secondary N) is 1. The molecule has 1 aliphatic heterocycles. The summed E-state index contributed by atoms with van der Waals surface area (Å²) in [6.45, 7) is 1.50. The smallest absolute Gasteiger partial charge is 0.233 e. The van der Waals surface area contributed by atoms with E-state index in [4.69, 9.17) is 0 Å². The lowest BCUT2D eigenvalue weighted by molar-refractivity contribution is -0.139. The molecule has 98 valence electrons. The number of fused-ring (bicyclic) bond motifs is 1. The first kappa shape index (κ1) is 11.9. The number of hydrogen-bond acceptors (Lipinski definition) is 3. The molecule has 2 atom stereocenters. The van der Waals surface area contributed by atoms with Crippen molar-refractivity contribution in [2.24, 2.45) is 11.8 Å². The summed E-state index contributed by atoms with van der Waals surface area (Å²) in [5.74, 6) is -0.0284. The van der Waals surface area contributed by atoms with Crippen LogP contribution < -0.4 is 5.32 Å². The molecule has 0 bridgehead atoms. The molecule has 4 heteroatoms. The summed E-state index contributed by atoms with van der Waals surface area (Å²) in [6, 6.07) is 0.696. The first-order chi connectivity index (χ1) is 8.77. The van der Waals surface area contributed by atoms with Crippen molar-refractivity contribution >= 4 is 11.8 Å². The standard InChI is InChI=1S/C14H20N2O2/c17-13-11-4-1-2-5-12(11)14(18)16(13)9-3-8-15-10-6-7-10/h1-2,10-12,15H,3-9H2/t11-,12+. The van der Waals surface area contributed by atoms with Gasteiger partial charge in [-0.05, 0) is 38.6 Å². The number of rotatable bonds is 5. The van der Waals surface area contributed by atoms with Crippen molar-refractivity contribution < 1.29 is 9.59 Å². The summed E-state index contributed by atoms with van der Waals surface area (Å²) in [5, 5.41) is 3.41. The van der Waals surface area contributed by atoms with Gasteiger partial charge in [0.1, 0.15) is 0 Å². The summed E-state index contributed by atoms with van der Waals surface area (Å²) in [6.07, 6.45) is 8.97. The Morgan fingerprint density at radius 1 is 1.11 bits per heavy atom. The van der Waals surface area contributed by atoms with Crippen LogP contribution in [0.3, 0.4) is 0 Å². The van der Waals surface area contributed by atoms with Gasteiger partial charge in [0.25, 0.3) is 0 Å². The topological polar surface area (TPSA) is 49.4 Å². The number of nitrogens with zero attached hydrogens (tertiary/aromatic N) is 1. The van der Waals surface area contributed by atoms with E-state index >= 15 is 0 Å². The zero-order valence-corrected chi connectivity index (χ0v) is 10.6. The van der Waals surface area contributed by atoms with Crippen LogP contribution in [-0.2, 0) is 9.59 Å². The number of carbonyl (C=O) groups excluding carboxylic acids is 2. The molecule has 2 amide bonds. The lowest BCUT2D eigenvalue weighted by atomic mass is 9.85. The Labute approximate surface area is 107 Å². The second-order valence-corrected chi connectivity index (χ2v) is 5.57. The maximum atomic E-state index is 12.1. The molecule has 0 aromatic rings. The van der Waals surface area contributed by atoms with E-state index in [1.807, 2.05) is 12.2 Å². The minimum absolute atomic E-state index is 0.0563. The van der Waals surface area contributed by atoms with Crippen molar-refractivity contribution in [3.05, 3.63) is 12.2 Å². The molecule has 0 unspecified atom stereocenters. The van der Waals surface area contributed by atoms with E-state index in [9.17, 15) is 9.59 Å². The molecule has 3 rings (SSSR count). The summed E-state index contributed by atoms with van der Waals surface area (Å²) < 4.78 is 0. The summed E-state index contributed by atoms with van der Waals surface area (Å²) in [7, 11) is 0. The van der Waals surface area contributed by atoms with Crippen LogP contribution in [0.15, 0.2) is 12.2 Å². The average molecular weight is 248 g/mol. The Morgan fingerprint density at radius 3 is 2.28 bits per heavy atom. The van der Waals surface area contributed by atoms with Gasteiger partial charge < -0.3 is 5.32 Å². The SMILES string of the molecule is O=C1[C@H]2CC=CC[C@H]2C(=O)N1CCCNC1CC1. The molecule has 1 N–H and O–H groups in total. The van der Waals surface area contributed by atoms with Gasteiger partial charge >= 0.3 is 0 Å². The van der Waals surface area contributed by atoms with E-state index in [2.05, 4.69) is 5.32 Å². The molecule has 18 heavy (non-hydrogen) atoms. The molecule has 1 heterocycles.